The third-order valence-electron chi connectivity index (χ3n) is 38.2. The molecule has 0 aromatic carbocycles. The number of carboxylic acid groups (broad SMARTS) is 1. The summed E-state index contributed by atoms with van der Waals surface area (Å²) in [6.45, 7) is 63.5. The second-order valence-corrected chi connectivity index (χ2v) is 43.7. The Morgan fingerprint density at radius 2 is 0.759 bits per heavy atom. The molecule has 0 spiro atoms. The summed E-state index contributed by atoms with van der Waals surface area (Å²) in [5, 5.41) is 28.6. The predicted molar refractivity (Wildman–Crippen MR) is 433 cm³/mol. The van der Waals surface area contributed by atoms with Crippen molar-refractivity contribution in [2.75, 3.05) is 21.3 Å². The molecule has 112 heavy (non-hydrogen) atoms. The Kier molecular flexibility index (Phi) is 22.2. The number of carbonyl (C=O) groups is 8. The minimum atomic E-state index is -0.789. The van der Waals surface area contributed by atoms with Crippen molar-refractivity contribution in [3.8, 4) is 0 Å². The summed E-state index contributed by atoms with van der Waals surface area (Å²) in [5.41, 5.74) is -0.851. The Morgan fingerprint density at radius 3 is 1.09 bits per heavy atom. The molecule has 12 fully saturated rings. The van der Waals surface area contributed by atoms with E-state index in [-0.39, 0.29) is 200 Å². The second kappa shape index (κ2) is 29.1. The van der Waals surface area contributed by atoms with Crippen molar-refractivity contribution in [3.63, 3.8) is 0 Å². The van der Waals surface area contributed by atoms with Gasteiger partial charge in [0.15, 0.2) is 11.6 Å². The van der Waals surface area contributed by atoms with E-state index in [4.69, 9.17) is 37.1 Å². The standard InChI is InChI=1S/C31H45NO4.C31H43NO4.C30H41NO4.CH5NO.2CH4/c2*1-18-19-9-10-29(5)23(28(19,4)17-21(32-7)25(18)34)15-22(33)24-20-16-27(2,3)11-13-31(20,26(35)36-8)14-12-30(24,29)6;1-17-18-8-9-28(5)22(27(18,4)16-20(31-7)24(17)33)14-21(32)23-19-15-26(2,3)10-12-30(19,25(34)35)13-11-29(23,28)6;1-2-3;;/h18-20,23-24,34H,9-17H2,1-6,8H3;17-20,23-24H,9-16H2,1-6,8H3;16-19,22-23H,8-15H2,1-6H3,(H,34,35);2-3H,1H3;2*1H4/t2*18-,19-,20-,23+,24-,28-,29+,30+,31-;17-,18-,19-,22+,23-,27-,28+,29+,30-;;;/m000.../s1/i;;;;2*1T. The van der Waals surface area contributed by atoms with Crippen LogP contribution in [0.4, 0.5) is 0 Å². The highest BCUT2D eigenvalue weighted by molar-refractivity contribution is 6.01. The van der Waals surface area contributed by atoms with E-state index in [9.17, 15) is 48.6 Å². The number of nitrogens with zero attached hydrogens (tertiary/aromatic N) is 3. The molecule has 0 unspecified atom stereocenters. The minimum Gasteiger partial charge on any atom is -0.523 e. The number of ether oxygens (including phenoxy) is 2. The van der Waals surface area contributed by atoms with Crippen LogP contribution in [0, 0.1) is 190 Å². The zero-order valence-corrected chi connectivity index (χ0v) is 72.8. The first-order valence-electron chi connectivity index (χ1n) is 44.4. The number of hydroxylamine groups is 1. The van der Waals surface area contributed by atoms with Crippen LogP contribution in [-0.2, 0) is 47.8 Å². The molecule has 27 atom stereocenters. The van der Waals surface area contributed by atoms with Gasteiger partial charge in [0.25, 0.3) is 0 Å². The normalized spacial score (nSPS) is 47.9. The summed E-state index contributed by atoms with van der Waals surface area (Å²) < 4.78 is 22.3. The molecule has 0 bridgehead atoms. The number of fused-ring (bicyclic) bond motifs is 21. The molecule has 0 saturated heterocycles. The number of carboxylic acids is 1. The number of aliphatic hydroxyl groups excluding tert-OH is 1. The molecule has 0 amide bonds. The lowest BCUT2D eigenvalue weighted by molar-refractivity contribution is -0.229. The zero-order valence-electron chi connectivity index (χ0n) is 74.8. The number of nitrogens with one attached hydrogen (secondary N) is 1. The Morgan fingerprint density at radius 1 is 0.455 bits per heavy atom. The predicted octanol–water partition coefficient (Wildman–Crippen LogP) is 20.8. The Labute approximate surface area is 675 Å². The van der Waals surface area contributed by atoms with Crippen molar-refractivity contribution in [2.45, 2.75) is 300 Å². The monoisotopic (exact) mass is 1550 g/mol. The van der Waals surface area contributed by atoms with Crippen molar-refractivity contribution in [1.29, 1.82) is 0 Å². The first-order valence-corrected chi connectivity index (χ1v) is 42.4. The van der Waals surface area contributed by atoms with Crippen LogP contribution in [0.1, 0.15) is 303 Å². The van der Waals surface area contributed by atoms with E-state index in [1.54, 1.807) is 5.48 Å². The number of hydrogen-bond acceptors (Lipinski definition) is 13. The van der Waals surface area contributed by atoms with Gasteiger partial charge in [0, 0.05) is 64.6 Å². The minimum absolute atomic E-state index is 0.00413. The molecular weight excluding hydrogens is 1410 g/mol. The molecule has 15 aliphatic carbocycles. The number of Topliss-reactive ketones (excluding diaryl/α,β-unsaturated/α-hetero) is 5. The molecule has 0 heterocycles. The van der Waals surface area contributed by atoms with Crippen LogP contribution < -0.4 is 5.48 Å². The fraction of sp³-hybridized carbons (Fsp3) is 0.821. The van der Waals surface area contributed by atoms with Crippen molar-refractivity contribution in [1.82, 2.24) is 5.48 Å². The molecule has 0 radical (unpaired) electrons. The molecule has 0 aromatic heterocycles. The second-order valence-electron chi connectivity index (χ2n) is 43.7. The number of allylic oxidation sites excluding steroid dienone is 6. The summed E-state index contributed by atoms with van der Waals surface area (Å²) in [4.78, 5) is 119. The van der Waals surface area contributed by atoms with E-state index >= 15 is 0 Å². The van der Waals surface area contributed by atoms with Gasteiger partial charge in [0.05, 0.1) is 55.9 Å². The lowest BCUT2D eigenvalue weighted by Crippen LogP contribution is -2.68. The van der Waals surface area contributed by atoms with E-state index in [0.29, 0.717) is 55.8 Å². The van der Waals surface area contributed by atoms with Crippen LogP contribution >= 0.6 is 0 Å². The fourth-order valence-electron chi connectivity index (χ4n) is 31.5. The quantitative estimate of drug-likeness (QED) is 0.117. The maximum atomic E-state index is 14.4. The molecular formula is C95H142N4O13. The number of rotatable bonds is 3. The van der Waals surface area contributed by atoms with Gasteiger partial charge in [-0.1, -0.05) is 152 Å². The van der Waals surface area contributed by atoms with Crippen molar-refractivity contribution >= 4 is 46.8 Å². The van der Waals surface area contributed by atoms with Crippen molar-refractivity contribution < 1.29 is 66.0 Å². The van der Waals surface area contributed by atoms with Crippen LogP contribution in [0.3, 0.4) is 0 Å². The number of carbonyl (C=O) groups excluding carboxylic acids is 7. The van der Waals surface area contributed by atoms with Gasteiger partial charge in [0.2, 0.25) is 17.1 Å². The number of methoxy groups -OCH3 is 2. The van der Waals surface area contributed by atoms with Gasteiger partial charge in [-0.3, -0.25) is 28.8 Å². The van der Waals surface area contributed by atoms with Crippen molar-refractivity contribution in [3.05, 3.63) is 69.3 Å². The third-order valence-corrected chi connectivity index (χ3v) is 38.2. The maximum absolute atomic E-state index is 14.4. The Hall–Kier alpha value is -5.83. The van der Waals surface area contributed by atoms with E-state index in [1.807, 2.05) is 26.0 Å². The van der Waals surface area contributed by atoms with Crippen LogP contribution in [-0.4, -0.2) is 83.5 Å². The highest BCUT2D eigenvalue weighted by Gasteiger charge is 2.77. The van der Waals surface area contributed by atoms with Gasteiger partial charge in [-0.15, -0.1) is 0 Å². The van der Waals surface area contributed by atoms with Gasteiger partial charge in [0.1, 0.15) is 17.3 Å². The SMILES string of the molecule is CNO.[3H]C.[3H]C.[C-]#[N+]C1=C(O)[C@@H](C)[C@@H]2CC[C@]3(C)[C@H](CC(=O)[C@@H]4[C@@H]5CC(C)(C)CC[C@]5(C(=O)OC)CC[C@]43C)[C@@]2(C)C1.[C-]#[N+]C1=C[C@]2(C)[C@H]3CC(=O)[C@@H]4[C@@H]5CC(C)(C)CC[C@]5(C(=O)O)CC[C@@]4(C)[C@]3(C)CC[C@H]2[C@H](C)C1=O.[C-]#[N+]C1=C[C@]2(C)[C@H]3CC(=O)[C@@H]4[C@@H]5CC(C)(C)CC[C@]5(C(=O)OC)CC[C@@]4(C)[C@]3(C)CC[C@H]2[C@H](C)C1=O. The number of ketones is 5. The Bertz CT molecular complexity index is 4100. The summed E-state index contributed by atoms with van der Waals surface area (Å²) in [6.07, 6.45) is 24.1. The van der Waals surface area contributed by atoms with E-state index in [0.717, 1.165) is 122 Å². The molecule has 17 nitrogen and oxygen atoms in total. The van der Waals surface area contributed by atoms with Crippen LogP contribution in [0.15, 0.2) is 35.0 Å². The first-order chi connectivity index (χ1) is 53.0. The first kappa shape index (κ1) is 85.5. The van der Waals surface area contributed by atoms with Crippen molar-refractivity contribution in [2.24, 2.45) is 170 Å². The third kappa shape index (κ3) is 12.2. The molecule has 0 aliphatic heterocycles. The average molecular weight is 1550 g/mol. The molecule has 17 heteroatoms. The summed E-state index contributed by atoms with van der Waals surface area (Å²) in [7, 11) is 6.93. The summed E-state index contributed by atoms with van der Waals surface area (Å²) in [5.74, 6) is -0.0557. The molecule has 0 aromatic rings. The largest absolute Gasteiger partial charge is 0.523 e. The van der Waals surface area contributed by atoms with E-state index in [2.05, 4.69) is 125 Å². The number of aliphatic hydroxyl groups is 1. The Balaban J connectivity index is 0.000000174. The lowest BCUT2D eigenvalue weighted by Gasteiger charge is -2.71. The molecule has 15 aliphatic rings. The molecule has 4 N–H and O–H groups in total. The van der Waals surface area contributed by atoms with Gasteiger partial charge in [-0.2, -0.15) is 0 Å². The fourth-order valence-corrected chi connectivity index (χ4v) is 31.5. The average Bonchev–Trinajstić information content (AvgIpc) is 0.682. The summed E-state index contributed by atoms with van der Waals surface area (Å²) >= 11 is 0. The summed E-state index contributed by atoms with van der Waals surface area (Å²) in [6, 6.07) is 0. The van der Waals surface area contributed by atoms with Crippen LogP contribution in [0.25, 0.3) is 14.5 Å². The molecule has 620 valence electrons. The maximum Gasteiger partial charge on any atom is 0.312 e. The molecule has 15 rings (SSSR count). The smallest absolute Gasteiger partial charge is 0.312 e. The number of hydrogen-bond donors (Lipinski definition) is 4. The van der Waals surface area contributed by atoms with Gasteiger partial charge < -0.3 is 34.5 Å². The van der Waals surface area contributed by atoms with E-state index in [1.165, 1.54) is 36.1 Å². The van der Waals surface area contributed by atoms with Gasteiger partial charge in [-0.05, 0) is 259 Å². The molecule has 12 saturated carbocycles. The topological polar surface area (TPSA) is 241 Å². The zero-order chi connectivity index (χ0) is 85.4. The highest BCUT2D eigenvalue weighted by atomic mass is 16.5. The van der Waals surface area contributed by atoms with Gasteiger partial charge >= 0.3 is 17.9 Å². The lowest BCUT2D eigenvalue weighted by atomic mass is 9.32. The number of esters is 2. The van der Waals surface area contributed by atoms with Crippen LogP contribution in [0.5, 0.6) is 0 Å². The van der Waals surface area contributed by atoms with Crippen LogP contribution in [0.2, 0.25) is 0 Å². The number of aliphatic carboxylic acids is 1. The van der Waals surface area contributed by atoms with E-state index < -0.39 is 22.2 Å². The van der Waals surface area contributed by atoms with Gasteiger partial charge in [-0.25, -0.2) is 20.0 Å². The highest BCUT2D eigenvalue weighted by Crippen LogP contribution is 2.80.